The van der Waals surface area contributed by atoms with E-state index in [1.807, 2.05) is 0 Å². The van der Waals surface area contributed by atoms with Crippen molar-refractivity contribution >= 4 is 11.6 Å². The topological polar surface area (TPSA) is 61.6 Å². The SMILES string of the molecule is Cc1cccc(N2CCN(C(C)CCC(=O)NN)CC2)c1. The number of carbonyl (C=O) groups excluding carboxylic acids is 1. The van der Waals surface area contributed by atoms with Crippen molar-refractivity contribution in [2.45, 2.75) is 32.7 Å². The van der Waals surface area contributed by atoms with Gasteiger partial charge in [0.2, 0.25) is 5.91 Å². The van der Waals surface area contributed by atoms with Gasteiger partial charge in [0.05, 0.1) is 0 Å². The van der Waals surface area contributed by atoms with E-state index >= 15 is 0 Å². The fraction of sp³-hybridized carbons (Fsp3) is 0.562. The molecule has 1 amide bonds. The Labute approximate surface area is 127 Å². The van der Waals surface area contributed by atoms with Crippen LogP contribution in [-0.2, 0) is 4.79 Å². The van der Waals surface area contributed by atoms with Crippen molar-refractivity contribution < 1.29 is 4.79 Å². The third-order valence-electron chi connectivity index (χ3n) is 4.25. The first-order valence-corrected chi connectivity index (χ1v) is 7.65. The van der Waals surface area contributed by atoms with Crippen molar-refractivity contribution in [2.75, 3.05) is 31.1 Å². The fourth-order valence-corrected chi connectivity index (χ4v) is 2.84. The number of nitrogens with one attached hydrogen (secondary N) is 1. The van der Waals surface area contributed by atoms with E-state index in [0.717, 1.165) is 32.6 Å². The second kappa shape index (κ2) is 7.43. The Morgan fingerprint density at radius 3 is 2.67 bits per heavy atom. The molecular weight excluding hydrogens is 264 g/mol. The molecule has 0 bridgehead atoms. The highest BCUT2D eigenvalue weighted by Gasteiger charge is 2.21. The molecule has 1 aliphatic heterocycles. The van der Waals surface area contributed by atoms with Gasteiger partial charge in [-0.15, -0.1) is 0 Å². The highest BCUT2D eigenvalue weighted by molar-refractivity contribution is 5.75. The summed E-state index contributed by atoms with van der Waals surface area (Å²) in [7, 11) is 0. The van der Waals surface area contributed by atoms with Gasteiger partial charge in [0.15, 0.2) is 0 Å². The van der Waals surface area contributed by atoms with Gasteiger partial charge in [-0.1, -0.05) is 12.1 Å². The number of piperazine rings is 1. The van der Waals surface area contributed by atoms with Crippen LogP contribution < -0.4 is 16.2 Å². The number of nitrogens with two attached hydrogens (primary N) is 1. The van der Waals surface area contributed by atoms with E-state index in [1.165, 1.54) is 11.3 Å². The Balaban J connectivity index is 1.81. The molecule has 21 heavy (non-hydrogen) atoms. The predicted octanol–water partition coefficient (Wildman–Crippen LogP) is 1.28. The molecule has 3 N–H and O–H groups in total. The molecule has 1 aromatic carbocycles. The van der Waals surface area contributed by atoms with Crippen LogP contribution in [0, 0.1) is 6.92 Å². The minimum atomic E-state index is -0.0831. The van der Waals surface area contributed by atoms with E-state index in [2.05, 4.69) is 53.3 Å². The minimum absolute atomic E-state index is 0.0831. The van der Waals surface area contributed by atoms with Crippen molar-refractivity contribution in [1.82, 2.24) is 10.3 Å². The zero-order valence-corrected chi connectivity index (χ0v) is 13.0. The highest BCUT2D eigenvalue weighted by Crippen LogP contribution is 2.19. The second-order valence-electron chi connectivity index (χ2n) is 5.82. The monoisotopic (exact) mass is 290 g/mol. The predicted molar refractivity (Wildman–Crippen MR) is 86.0 cm³/mol. The molecule has 0 aliphatic carbocycles. The first kappa shape index (κ1) is 15.8. The second-order valence-corrected chi connectivity index (χ2v) is 5.82. The average Bonchev–Trinajstić information content (AvgIpc) is 2.52. The van der Waals surface area contributed by atoms with Gasteiger partial charge in [-0.2, -0.15) is 0 Å². The van der Waals surface area contributed by atoms with Crippen molar-refractivity contribution in [1.29, 1.82) is 0 Å². The number of benzene rings is 1. The summed E-state index contributed by atoms with van der Waals surface area (Å²) in [4.78, 5) is 16.1. The molecule has 1 heterocycles. The molecule has 0 radical (unpaired) electrons. The molecule has 5 nitrogen and oxygen atoms in total. The van der Waals surface area contributed by atoms with Crippen molar-refractivity contribution in [3.63, 3.8) is 0 Å². The van der Waals surface area contributed by atoms with Crippen LogP contribution in [0.2, 0.25) is 0 Å². The van der Waals surface area contributed by atoms with Gasteiger partial charge in [0.25, 0.3) is 0 Å². The molecular formula is C16H26N4O. The number of hydrogen-bond acceptors (Lipinski definition) is 4. The molecule has 1 atom stereocenters. The number of nitrogens with zero attached hydrogens (tertiary/aromatic N) is 2. The van der Waals surface area contributed by atoms with Gasteiger partial charge in [-0.3, -0.25) is 15.1 Å². The first-order valence-electron chi connectivity index (χ1n) is 7.65. The maximum atomic E-state index is 11.2. The van der Waals surface area contributed by atoms with Crippen molar-refractivity contribution in [3.8, 4) is 0 Å². The quantitative estimate of drug-likeness (QED) is 0.487. The smallest absolute Gasteiger partial charge is 0.233 e. The summed E-state index contributed by atoms with van der Waals surface area (Å²) in [6.45, 7) is 8.48. The van der Waals surface area contributed by atoms with Gasteiger partial charge in [-0.05, 0) is 38.0 Å². The number of aryl methyl sites for hydroxylation is 1. The number of hydrazine groups is 1. The van der Waals surface area contributed by atoms with Gasteiger partial charge in [0.1, 0.15) is 0 Å². The number of anilines is 1. The van der Waals surface area contributed by atoms with Crippen LogP contribution in [0.25, 0.3) is 0 Å². The maximum absolute atomic E-state index is 11.2. The Morgan fingerprint density at radius 1 is 1.33 bits per heavy atom. The Morgan fingerprint density at radius 2 is 2.05 bits per heavy atom. The van der Waals surface area contributed by atoms with Crippen LogP contribution in [0.5, 0.6) is 0 Å². The van der Waals surface area contributed by atoms with E-state index in [4.69, 9.17) is 5.84 Å². The molecule has 1 fully saturated rings. The van der Waals surface area contributed by atoms with Crippen LogP contribution in [0.3, 0.4) is 0 Å². The van der Waals surface area contributed by atoms with Crippen LogP contribution in [0.4, 0.5) is 5.69 Å². The molecule has 1 unspecified atom stereocenters. The van der Waals surface area contributed by atoms with E-state index in [1.54, 1.807) is 0 Å². The van der Waals surface area contributed by atoms with Gasteiger partial charge in [-0.25, -0.2) is 5.84 Å². The van der Waals surface area contributed by atoms with Crippen LogP contribution in [0.15, 0.2) is 24.3 Å². The third kappa shape index (κ3) is 4.44. The number of amides is 1. The average molecular weight is 290 g/mol. The summed E-state index contributed by atoms with van der Waals surface area (Å²) in [5.74, 6) is 5.03. The molecule has 2 rings (SSSR count). The van der Waals surface area contributed by atoms with Gasteiger partial charge >= 0.3 is 0 Å². The molecule has 1 aromatic rings. The normalized spacial score (nSPS) is 17.6. The maximum Gasteiger partial charge on any atom is 0.233 e. The summed E-state index contributed by atoms with van der Waals surface area (Å²) in [5, 5.41) is 0. The Bertz CT molecular complexity index is 469. The highest BCUT2D eigenvalue weighted by atomic mass is 16.2. The van der Waals surface area contributed by atoms with E-state index < -0.39 is 0 Å². The summed E-state index contributed by atoms with van der Waals surface area (Å²) >= 11 is 0. The van der Waals surface area contributed by atoms with Crippen LogP contribution in [-0.4, -0.2) is 43.0 Å². The standard InChI is InChI=1S/C16H26N4O/c1-13-4-3-5-15(12-13)20-10-8-19(9-11-20)14(2)6-7-16(21)18-17/h3-5,12,14H,6-11,17H2,1-2H3,(H,18,21). The molecule has 116 valence electrons. The summed E-state index contributed by atoms with van der Waals surface area (Å²) < 4.78 is 0. The third-order valence-corrected chi connectivity index (χ3v) is 4.25. The lowest BCUT2D eigenvalue weighted by Crippen LogP contribution is -2.49. The largest absolute Gasteiger partial charge is 0.369 e. The molecule has 0 saturated carbocycles. The summed E-state index contributed by atoms with van der Waals surface area (Å²) in [6.07, 6.45) is 1.35. The number of carbonyl (C=O) groups is 1. The molecule has 0 aromatic heterocycles. The Hall–Kier alpha value is -1.59. The molecule has 1 aliphatic rings. The van der Waals surface area contributed by atoms with E-state index in [9.17, 15) is 4.79 Å². The molecule has 1 saturated heterocycles. The van der Waals surface area contributed by atoms with Crippen molar-refractivity contribution in [3.05, 3.63) is 29.8 Å². The lowest BCUT2D eigenvalue weighted by molar-refractivity contribution is -0.121. The van der Waals surface area contributed by atoms with Crippen molar-refractivity contribution in [2.24, 2.45) is 5.84 Å². The number of hydrogen-bond donors (Lipinski definition) is 2. The van der Waals surface area contributed by atoms with Crippen LogP contribution >= 0.6 is 0 Å². The van der Waals surface area contributed by atoms with Crippen LogP contribution in [0.1, 0.15) is 25.3 Å². The minimum Gasteiger partial charge on any atom is -0.369 e. The first-order chi connectivity index (χ1) is 10.1. The number of rotatable bonds is 5. The zero-order valence-electron chi connectivity index (χ0n) is 13.0. The van der Waals surface area contributed by atoms with Gasteiger partial charge < -0.3 is 4.90 Å². The Kier molecular flexibility index (Phi) is 5.59. The molecule has 0 spiro atoms. The van der Waals surface area contributed by atoms with E-state index in [0.29, 0.717) is 12.5 Å². The summed E-state index contributed by atoms with van der Waals surface area (Å²) in [6, 6.07) is 9.08. The molecule has 5 heteroatoms. The van der Waals surface area contributed by atoms with Gasteiger partial charge in [0, 0.05) is 44.3 Å². The zero-order chi connectivity index (χ0) is 15.2. The fourth-order valence-electron chi connectivity index (χ4n) is 2.84. The summed E-state index contributed by atoms with van der Waals surface area (Å²) in [5.41, 5.74) is 4.80. The lowest BCUT2D eigenvalue weighted by Gasteiger charge is -2.39. The lowest BCUT2D eigenvalue weighted by atomic mass is 10.1. The van der Waals surface area contributed by atoms with E-state index in [-0.39, 0.29) is 5.91 Å².